The third-order valence-corrected chi connectivity index (χ3v) is 5.93. The predicted molar refractivity (Wildman–Crippen MR) is 106 cm³/mol. The van der Waals surface area contributed by atoms with Gasteiger partial charge in [0, 0.05) is 12.1 Å². The number of likely N-dealkylation sites (tertiary alicyclic amines) is 1. The van der Waals surface area contributed by atoms with Crippen LogP contribution in [0.15, 0.2) is 6.33 Å². The third-order valence-electron chi connectivity index (χ3n) is 5.17. The Bertz CT molecular complexity index is 870. The molecule has 0 radical (unpaired) electrons. The van der Waals surface area contributed by atoms with E-state index in [0.717, 1.165) is 40.4 Å². The van der Waals surface area contributed by atoms with Crippen molar-refractivity contribution in [1.29, 1.82) is 0 Å². The largest absolute Gasteiger partial charge is 0.444 e. The highest BCUT2D eigenvalue weighted by Crippen LogP contribution is 2.50. The number of carbonyl (C=O) groups is 1. The van der Waals surface area contributed by atoms with Crippen LogP contribution in [-0.4, -0.2) is 48.4 Å². The molecule has 2 fully saturated rings. The molecule has 0 aromatic carbocycles. The highest BCUT2D eigenvalue weighted by atomic mass is 127. The van der Waals surface area contributed by atoms with Crippen LogP contribution in [0.25, 0.3) is 11.0 Å². The summed E-state index contributed by atoms with van der Waals surface area (Å²) in [5.74, 6) is 0.434. The molecule has 3 heterocycles. The molecule has 0 bridgehead atoms. The Morgan fingerprint density at radius 1 is 1.35 bits per heavy atom. The van der Waals surface area contributed by atoms with Crippen LogP contribution < -0.4 is 5.73 Å². The fourth-order valence-corrected chi connectivity index (χ4v) is 4.47. The summed E-state index contributed by atoms with van der Waals surface area (Å²) in [6, 6.07) is 0.0501. The summed E-state index contributed by atoms with van der Waals surface area (Å²) in [6.45, 7) is 6.27. The third kappa shape index (κ3) is 2.99. The molecule has 1 atom stereocenters. The Morgan fingerprint density at radius 3 is 2.73 bits per heavy atom. The van der Waals surface area contributed by atoms with Crippen molar-refractivity contribution >= 4 is 45.5 Å². The number of piperidine rings is 1. The van der Waals surface area contributed by atoms with Gasteiger partial charge in [0.1, 0.15) is 21.4 Å². The molecular weight excluding hydrogens is 447 g/mol. The zero-order valence-corrected chi connectivity index (χ0v) is 17.4. The summed E-state index contributed by atoms with van der Waals surface area (Å²) < 4.78 is 8.35. The van der Waals surface area contributed by atoms with Gasteiger partial charge in [-0.1, -0.05) is 0 Å². The number of nitrogens with two attached hydrogens (primary N) is 1. The lowest BCUT2D eigenvalue weighted by Gasteiger charge is -2.40. The average Bonchev–Trinajstić information content (AvgIpc) is 3.22. The van der Waals surface area contributed by atoms with E-state index < -0.39 is 5.60 Å². The number of halogens is 1. The summed E-state index contributed by atoms with van der Waals surface area (Å²) >= 11 is 2.16. The first-order valence-corrected chi connectivity index (χ1v) is 9.93. The first kappa shape index (κ1) is 17.7. The van der Waals surface area contributed by atoms with E-state index in [9.17, 15) is 4.79 Å². The van der Waals surface area contributed by atoms with E-state index >= 15 is 0 Å². The van der Waals surface area contributed by atoms with Gasteiger partial charge in [0.05, 0.1) is 11.4 Å². The maximum Gasteiger partial charge on any atom is 0.410 e. The lowest BCUT2D eigenvalue weighted by molar-refractivity contribution is -0.00135. The number of aromatic nitrogens is 4. The van der Waals surface area contributed by atoms with Gasteiger partial charge in [0.15, 0.2) is 5.65 Å². The van der Waals surface area contributed by atoms with Crippen molar-refractivity contribution in [3.05, 3.63) is 10.0 Å². The summed E-state index contributed by atoms with van der Waals surface area (Å²) in [6.07, 6.45) is 5.23. The molecule has 1 saturated heterocycles. The zero-order valence-electron chi connectivity index (χ0n) is 15.2. The molecule has 140 valence electrons. The van der Waals surface area contributed by atoms with Gasteiger partial charge in [0.2, 0.25) is 0 Å². The first-order chi connectivity index (χ1) is 12.2. The number of hydrogen-bond donors (Lipinski definition) is 1. The number of ether oxygens (including phenoxy) is 1. The normalized spacial score (nSPS) is 22.0. The summed E-state index contributed by atoms with van der Waals surface area (Å²) in [5.41, 5.74) is 6.20. The van der Waals surface area contributed by atoms with E-state index in [-0.39, 0.29) is 17.7 Å². The molecule has 26 heavy (non-hydrogen) atoms. The van der Waals surface area contributed by atoms with Gasteiger partial charge < -0.3 is 15.4 Å². The smallest absolute Gasteiger partial charge is 0.410 e. The minimum Gasteiger partial charge on any atom is -0.444 e. The molecule has 1 saturated carbocycles. The Labute approximate surface area is 165 Å². The standard InChI is InChI=1S/C17H23IN6O2/c1-16(2,3)26-15(25)23-8-10(4-5-17(23)6-7-17)24-14-11(12(18)22-24)13(19)20-9-21-14/h9-10H,4-8H2,1-3H3,(H2,19,20,21). The van der Waals surface area contributed by atoms with Crippen LogP contribution >= 0.6 is 22.6 Å². The molecular formula is C17H23IN6O2. The van der Waals surface area contributed by atoms with Crippen LogP contribution in [0.5, 0.6) is 0 Å². The second kappa shape index (κ2) is 5.93. The molecule has 1 amide bonds. The fourth-order valence-electron chi connectivity index (χ4n) is 3.72. The van der Waals surface area contributed by atoms with Crippen molar-refractivity contribution in [2.45, 2.75) is 63.6 Å². The Hall–Kier alpha value is -1.65. The molecule has 1 aliphatic carbocycles. The van der Waals surface area contributed by atoms with Crippen LogP contribution in [0.2, 0.25) is 0 Å². The summed E-state index contributed by atoms with van der Waals surface area (Å²) in [4.78, 5) is 23.2. The molecule has 1 aliphatic heterocycles. The lowest BCUT2D eigenvalue weighted by atomic mass is 9.96. The number of amides is 1. The van der Waals surface area contributed by atoms with Gasteiger partial charge in [0.25, 0.3) is 0 Å². The van der Waals surface area contributed by atoms with Crippen molar-refractivity contribution in [2.75, 3.05) is 12.3 Å². The fraction of sp³-hybridized carbons (Fsp3) is 0.647. The highest BCUT2D eigenvalue weighted by Gasteiger charge is 2.54. The van der Waals surface area contributed by atoms with E-state index in [1.54, 1.807) is 0 Å². The second-order valence-corrected chi connectivity index (χ2v) is 9.22. The van der Waals surface area contributed by atoms with Gasteiger partial charge in [-0.15, -0.1) is 0 Å². The highest BCUT2D eigenvalue weighted by molar-refractivity contribution is 14.1. The summed E-state index contributed by atoms with van der Waals surface area (Å²) in [7, 11) is 0. The van der Waals surface area contributed by atoms with Crippen molar-refractivity contribution in [3.8, 4) is 0 Å². The minimum absolute atomic E-state index is 0.0248. The SMILES string of the molecule is CC(C)(C)OC(=O)N1CC(n2nc(I)c3c(N)ncnc32)CCC12CC2. The number of rotatable bonds is 1. The number of fused-ring (bicyclic) bond motifs is 1. The van der Waals surface area contributed by atoms with Gasteiger partial charge in [-0.2, -0.15) is 5.10 Å². The average molecular weight is 470 g/mol. The molecule has 8 nitrogen and oxygen atoms in total. The van der Waals surface area contributed by atoms with Crippen molar-refractivity contribution in [3.63, 3.8) is 0 Å². The van der Waals surface area contributed by atoms with E-state index in [1.165, 1.54) is 6.33 Å². The number of nitrogen functional groups attached to an aromatic ring is 1. The van der Waals surface area contributed by atoms with E-state index in [1.807, 2.05) is 30.4 Å². The predicted octanol–water partition coefficient (Wildman–Crippen LogP) is 3.12. The van der Waals surface area contributed by atoms with Gasteiger partial charge >= 0.3 is 6.09 Å². The first-order valence-electron chi connectivity index (χ1n) is 8.85. The molecule has 2 aliphatic rings. The van der Waals surface area contributed by atoms with Crippen LogP contribution in [0.1, 0.15) is 52.5 Å². The van der Waals surface area contributed by atoms with Crippen LogP contribution in [0.4, 0.5) is 10.6 Å². The van der Waals surface area contributed by atoms with Gasteiger partial charge in [-0.3, -0.25) is 0 Å². The van der Waals surface area contributed by atoms with Crippen molar-refractivity contribution in [1.82, 2.24) is 24.6 Å². The van der Waals surface area contributed by atoms with Crippen molar-refractivity contribution in [2.24, 2.45) is 0 Å². The number of carbonyl (C=O) groups excluding carboxylic acids is 1. The number of nitrogens with zero attached hydrogens (tertiary/aromatic N) is 5. The quantitative estimate of drug-likeness (QED) is 0.644. The second-order valence-electron chi connectivity index (χ2n) is 8.20. The number of anilines is 1. The monoisotopic (exact) mass is 470 g/mol. The lowest BCUT2D eigenvalue weighted by Crippen LogP contribution is -2.50. The Balaban J connectivity index is 1.65. The number of hydrogen-bond acceptors (Lipinski definition) is 6. The van der Waals surface area contributed by atoms with E-state index in [4.69, 9.17) is 10.5 Å². The zero-order chi connectivity index (χ0) is 18.7. The van der Waals surface area contributed by atoms with E-state index in [0.29, 0.717) is 12.4 Å². The molecule has 1 unspecified atom stereocenters. The molecule has 2 N–H and O–H groups in total. The molecule has 2 aromatic rings. The van der Waals surface area contributed by atoms with Gasteiger partial charge in [-0.05, 0) is 69.0 Å². The molecule has 9 heteroatoms. The van der Waals surface area contributed by atoms with E-state index in [2.05, 4.69) is 37.7 Å². The Kier molecular flexibility index (Phi) is 4.05. The maximum absolute atomic E-state index is 12.8. The summed E-state index contributed by atoms with van der Waals surface area (Å²) in [5, 5.41) is 5.43. The Morgan fingerprint density at radius 2 is 2.08 bits per heavy atom. The molecule has 4 rings (SSSR count). The van der Waals surface area contributed by atoms with Crippen LogP contribution in [0.3, 0.4) is 0 Å². The molecule has 2 aromatic heterocycles. The van der Waals surface area contributed by atoms with Crippen LogP contribution in [-0.2, 0) is 4.74 Å². The molecule has 1 spiro atoms. The topological polar surface area (TPSA) is 99.2 Å². The van der Waals surface area contributed by atoms with Crippen molar-refractivity contribution < 1.29 is 9.53 Å². The maximum atomic E-state index is 12.8. The minimum atomic E-state index is -0.504. The van der Waals surface area contributed by atoms with Gasteiger partial charge in [-0.25, -0.2) is 19.4 Å². The van der Waals surface area contributed by atoms with Crippen LogP contribution in [0, 0.1) is 3.70 Å².